The Balaban J connectivity index is 4.16. The van der Waals surface area contributed by atoms with Crippen LogP contribution in [-0.4, -0.2) is 37.2 Å². The van der Waals surface area contributed by atoms with Gasteiger partial charge in [-0.05, 0) is 96.3 Å². The van der Waals surface area contributed by atoms with Gasteiger partial charge in [0.05, 0.1) is 0 Å². The van der Waals surface area contributed by atoms with Gasteiger partial charge >= 0.3 is 17.9 Å². The van der Waals surface area contributed by atoms with E-state index in [9.17, 15) is 14.4 Å². The number of rotatable bonds is 62. The molecule has 0 radical (unpaired) electrons. The lowest BCUT2D eigenvalue weighted by molar-refractivity contribution is -0.167. The van der Waals surface area contributed by atoms with Crippen molar-refractivity contribution in [3.05, 3.63) is 85.1 Å². The lowest BCUT2D eigenvalue weighted by Gasteiger charge is -2.18. The van der Waals surface area contributed by atoms with Crippen LogP contribution in [0.4, 0.5) is 0 Å². The molecule has 0 saturated heterocycles. The maximum Gasteiger partial charge on any atom is 0.306 e. The van der Waals surface area contributed by atoms with Crippen LogP contribution in [0.2, 0.25) is 0 Å². The molecule has 0 N–H and O–H groups in total. The largest absolute Gasteiger partial charge is 0.462 e. The lowest BCUT2D eigenvalue weighted by atomic mass is 10.0. The Bertz CT molecular complexity index is 1500. The molecule has 0 aliphatic carbocycles. The molecule has 0 saturated carbocycles. The fourth-order valence-corrected chi connectivity index (χ4v) is 9.80. The lowest BCUT2D eigenvalue weighted by Crippen LogP contribution is -2.30. The van der Waals surface area contributed by atoms with Crippen molar-refractivity contribution < 1.29 is 28.6 Å². The molecule has 0 aliphatic heterocycles. The van der Waals surface area contributed by atoms with E-state index in [1.807, 2.05) is 0 Å². The number of ether oxygens (including phenoxy) is 3. The quantitative estimate of drug-likeness (QED) is 0.0261. The molecule has 0 bridgehead atoms. The minimum atomic E-state index is -0.777. The summed E-state index contributed by atoms with van der Waals surface area (Å²) in [6.45, 7) is 6.54. The maximum absolute atomic E-state index is 12.9. The van der Waals surface area contributed by atoms with E-state index in [0.29, 0.717) is 19.3 Å². The van der Waals surface area contributed by atoms with E-state index >= 15 is 0 Å². The highest BCUT2D eigenvalue weighted by Gasteiger charge is 2.19. The Morgan fingerprint density at radius 3 is 0.810 bits per heavy atom. The van der Waals surface area contributed by atoms with E-state index in [4.69, 9.17) is 14.2 Å². The molecular formula is C73H128O6. The number of carbonyl (C=O) groups is 3. The summed E-state index contributed by atoms with van der Waals surface area (Å²) in [5, 5.41) is 0. The van der Waals surface area contributed by atoms with Gasteiger partial charge in [0.1, 0.15) is 13.2 Å². The maximum atomic E-state index is 12.9. The van der Waals surface area contributed by atoms with Gasteiger partial charge in [-0.15, -0.1) is 0 Å². The van der Waals surface area contributed by atoms with E-state index < -0.39 is 6.10 Å². The summed E-state index contributed by atoms with van der Waals surface area (Å²) in [6, 6.07) is 0. The Hall–Kier alpha value is -3.41. The summed E-state index contributed by atoms with van der Waals surface area (Å²) in [6.07, 6.45) is 88.9. The van der Waals surface area contributed by atoms with Crippen molar-refractivity contribution >= 4 is 17.9 Å². The zero-order valence-electron chi connectivity index (χ0n) is 52.4. The first-order chi connectivity index (χ1) is 39.0. The standard InChI is InChI=1S/C73H128O6/c1-4-7-10-13-16-19-22-25-27-29-30-31-32-33-34-35-36-37-38-39-40-41-42-43-44-45-47-48-51-54-57-60-63-66-72(75)78-69-70(68-77-71(74)65-62-59-56-53-50-24-21-18-15-12-9-6-3)79-73(76)67-64-61-58-55-52-49-46-28-26-23-20-17-14-11-8-5-2/h7,10,16,18-19,21,25,27,30-31,33-34,36-37,70H,4-6,8-9,11-15,17,20,22-24,26,28-29,32,35,38-69H2,1-3H3/b10-7-,19-16-,21-18-,27-25-,31-30-,34-33-,37-36-. The minimum Gasteiger partial charge on any atom is -0.462 e. The van der Waals surface area contributed by atoms with Crippen molar-refractivity contribution in [3.63, 3.8) is 0 Å². The third kappa shape index (κ3) is 65.3. The molecule has 0 fully saturated rings. The topological polar surface area (TPSA) is 78.9 Å². The van der Waals surface area contributed by atoms with E-state index in [0.717, 1.165) is 103 Å². The number of carbonyl (C=O) groups excluding carboxylic acids is 3. The predicted octanol–water partition coefficient (Wildman–Crippen LogP) is 23.4. The zero-order valence-corrected chi connectivity index (χ0v) is 52.4. The van der Waals surface area contributed by atoms with E-state index in [1.165, 1.54) is 199 Å². The smallest absolute Gasteiger partial charge is 0.306 e. The molecule has 0 rings (SSSR count). The summed E-state index contributed by atoms with van der Waals surface area (Å²) in [5.41, 5.74) is 0. The molecule has 0 spiro atoms. The molecule has 79 heavy (non-hydrogen) atoms. The van der Waals surface area contributed by atoms with Gasteiger partial charge in [0.25, 0.3) is 0 Å². The fourth-order valence-electron chi connectivity index (χ4n) is 9.80. The van der Waals surface area contributed by atoms with E-state index in [2.05, 4.69) is 106 Å². The van der Waals surface area contributed by atoms with Crippen LogP contribution in [0, 0.1) is 0 Å². The van der Waals surface area contributed by atoms with Crippen LogP contribution in [0.25, 0.3) is 0 Å². The molecule has 6 nitrogen and oxygen atoms in total. The first kappa shape index (κ1) is 75.6. The van der Waals surface area contributed by atoms with E-state index in [-0.39, 0.29) is 31.1 Å². The van der Waals surface area contributed by atoms with Crippen molar-refractivity contribution in [2.24, 2.45) is 0 Å². The first-order valence-electron chi connectivity index (χ1n) is 34.1. The first-order valence-corrected chi connectivity index (χ1v) is 34.1. The Morgan fingerprint density at radius 2 is 0.494 bits per heavy atom. The molecule has 0 amide bonds. The number of hydrogen-bond donors (Lipinski definition) is 0. The van der Waals surface area contributed by atoms with E-state index in [1.54, 1.807) is 0 Å². The Kier molecular flexibility index (Phi) is 64.2. The highest BCUT2D eigenvalue weighted by Crippen LogP contribution is 2.17. The molecule has 456 valence electrons. The second-order valence-corrected chi connectivity index (χ2v) is 22.7. The highest BCUT2D eigenvalue weighted by atomic mass is 16.6. The third-order valence-electron chi connectivity index (χ3n) is 14.9. The van der Waals surface area contributed by atoms with Gasteiger partial charge in [-0.3, -0.25) is 14.4 Å². The van der Waals surface area contributed by atoms with Crippen LogP contribution in [-0.2, 0) is 28.6 Å². The van der Waals surface area contributed by atoms with Crippen molar-refractivity contribution in [2.45, 2.75) is 348 Å². The summed E-state index contributed by atoms with van der Waals surface area (Å²) < 4.78 is 16.9. The highest BCUT2D eigenvalue weighted by molar-refractivity contribution is 5.71. The average Bonchev–Trinajstić information content (AvgIpc) is 3.45. The molecular weight excluding hydrogens is 973 g/mol. The summed E-state index contributed by atoms with van der Waals surface area (Å²) >= 11 is 0. The van der Waals surface area contributed by atoms with Crippen molar-refractivity contribution in [2.75, 3.05) is 13.2 Å². The Labute approximate surface area is 490 Å². The van der Waals surface area contributed by atoms with Gasteiger partial charge in [-0.2, -0.15) is 0 Å². The zero-order chi connectivity index (χ0) is 57.1. The van der Waals surface area contributed by atoms with Gasteiger partial charge in [0, 0.05) is 19.3 Å². The van der Waals surface area contributed by atoms with Gasteiger partial charge in [0.2, 0.25) is 0 Å². The molecule has 0 aromatic rings. The van der Waals surface area contributed by atoms with Crippen molar-refractivity contribution in [1.29, 1.82) is 0 Å². The monoisotopic (exact) mass is 1100 g/mol. The second-order valence-electron chi connectivity index (χ2n) is 22.7. The van der Waals surface area contributed by atoms with Crippen LogP contribution in [0.1, 0.15) is 342 Å². The van der Waals surface area contributed by atoms with Crippen molar-refractivity contribution in [1.82, 2.24) is 0 Å². The fraction of sp³-hybridized carbons (Fsp3) is 0.767. The van der Waals surface area contributed by atoms with Gasteiger partial charge in [-0.1, -0.05) is 311 Å². The van der Waals surface area contributed by atoms with Gasteiger partial charge < -0.3 is 14.2 Å². The summed E-state index contributed by atoms with van der Waals surface area (Å²) in [7, 11) is 0. The molecule has 0 aliphatic rings. The molecule has 6 heteroatoms. The average molecular weight is 1100 g/mol. The van der Waals surface area contributed by atoms with Crippen molar-refractivity contribution in [3.8, 4) is 0 Å². The minimum absolute atomic E-state index is 0.0745. The summed E-state index contributed by atoms with van der Waals surface area (Å²) in [5.74, 6) is -0.866. The third-order valence-corrected chi connectivity index (χ3v) is 14.9. The number of unbranched alkanes of at least 4 members (excludes halogenated alkanes) is 37. The molecule has 1 unspecified atom stereocenters. The van der Waals surface area contributed by atoms with Crippen LogP contribution in [0.5, 0.6) is 0 Å². The van der Waals surface area contributed by atoms with Gasteiger partial charge in [-0.25, -0.2) is 0 Å². The number of hydrogen-bond acceptors (Lipinski definition) is 6. The van der Waals surface area contributed by atoms with Crippen LogP contribution < -0.4 is 0 Å². The SMILES string of the molecule is CC/C=C\C/C=C\C/C=C\C/C=C\C/C=C\C/C=C\CCCCCCCCCCCCCCCCC(=O)OCC(COC(=O)CCCCCCC/C=C\CCCCC)OC(=O)CCCCCCCCCCCCCCCCCC. The number of allylic oxidation sites excluding steroid dienone is 14. The molecule has 0 aromatic carbocycles. The Morgan fingerprint density at radius 1 is 0.266 bits per heavy atom. The molecule has 0 heterocycles. The summed E-state index contributed by atoms with van der Waals surface area (Å²) in [4.78, 5) is 38.3. The van der Waals surface area contributed by atoms with Crippen LogP contribution >= 0.6 is 0 Å². The van der Waals surface area contributed by atoms with Crippen LogP contribution in [0.3, 0.4) is 0 Å². The normalized spacial score (nSPS) is 12.6. The van der Waals surface area contributed by atoms with Gasteiger partial charge in [0.15, 0.2) is 6.10 Å². The second kappa shape index (κ2) is 67.1. The predicted molar refractivity (Wildman–Crippen MR) is 344 cm³/mol. The van der Waals surface area contributed by atoms with Crippen LogP contribution in [0.15, 0.2) is 85.1 Å². The molecule has 1 atom stereocenters. The number of esters is 3. The molecule has 0 aromatic heterocycles.